The summed E-state index contributed by atoms with van der Waals surface area (Å²) < 4.78 is 1.82. The lowest BCUT2D eigenvalue weighted by Gasteiger charge is -2.21. The summed E-state index contributed by atoms with van der Waals surface area (Å²) in [5, 5.41) is 15.0. The van der Waals surface area contributed by atoms with Crippen LogP contribution in [0, 0.1) is 13.8 Å². The van der Waals surface area contributed by atoms with E-state index in [1.54, 1.807) is 5.01 Å². The molecule has 6 nitrogen and oxygen atoms in total. The molecule has 2 aromatic carbocycles. The summed E-state index contributed by atoms with van der Waals surface area (Å²) >= 11 is 0. The Hall–Kier alpha value is -3.28. The van der Waals surface area contributed by atoms with Gasteiger partial charge in [-0.3, -0.25) is 4.79 Å². The highest BCUT2D eigenvalue weighted by Gasteiger charge is 2.34. The fourth-order valence-corrected chi connectivity index (χ4v) is 3.51. The number of carbonyl (C=O) groups is 1. The molecule has 3 aromatic rings. The summed E-state index contributed by atoms with van der Waals surface area (Å²) in [6.45, 7) is 5.90. The number of nitrogens with zero attached hydrogens (tertiary/aromatic N) is 5. The van der Waals surface area contributed by atoms with Gasteiger partial charge in [-0.15, -0.1) is 5.10 Å². The van der Waals surface area contributed by atoms with E-state index in [4.69, 9.17) is 0 Å². The molecule has 0 aliphatic carbocycles. The molecule has 142 valence electrons. The highest BCUT2D eigenvalue weighted by atomic mass is 16.2. The van der Waals surface area contributed by atoms with Crippen molar-refractivity contribution in [3.8, 4) is 5.69 Å². The van der Waals surface area contributed by atoms with Crippen molar-refractivity contribution in [1.29, 1.82) is 0 Å². The van der Waals surface area contributed by atoms with Crippen molar-refractivity contribution in [3.63, 3.8) is 0 Å². The Morgan fingerprint density at radius 1 is 1.07 bits per heavy atom. The van der Waals surface area contributed by atoms with Gasteiger partial charge < -0.3 is 0 Å². The van der Waals surface area contributed by atoms with Gasteiger partial charge in [-0.25, -0.2) is 9.69 Å². The van der Waals surface area contributed by atoms with Crippen molar-refractivity contribution >= 4 is 11.6 Å². The second-order valence-electron chi connectivity index (χ2n) is 7.04. The zero-order valence-electron chi connectivity index (χ0n) is 16.3. The molecule has 1 unspecified atom stereocenters. The first-order valence-electron chi connectivity index (χ1n) is 9.52. The van der Waals surface area contributed by atoms with Crippen LogP contribution < -0.4 is 0 Å². The number of aromatic nitrogens is 3. The lowest BCUT2D eigenvalue weighted by molar-refractivity contribution is -0.132. The van der Waals surface area contributed by atoms with Crippen molar-refractivity contribution in [1.82, 2.24) is 20.0 Å². The van der Waals surface area contributed by atoms with E-state index in [9.17, 15) is 4.79 Å². The molecule has 6 heteroatoms. The third kappa shape index (κ3) is 3.22. The van der Waals surface area contributed by atoms with Crippen LogP contribution in [0.4, 0.5) is 0 Å². The lowest BCUT2D eigenvalue weighted by Crippen LogP contribution is -2.26. The molecule has 4 rings (SSSR count). The number of hydrogen-bond acceptors (Lipinski definition) is 4. The van der Waals surface area contributed by atoms with Gasteiger partial charge in [0.1, 0.15) is 5.69 Å². The molecule has 1 aliphatic heterocycles. The molecule has 0 spiro atoms. The SMILES string of the molecule is CCC(=O)N1N=C(c2nnn(-c3ccc(C)cc3)c2C)CC1c1ccccc1. The van der Waals surface area contributed by atoms with Crippen LogP contribution in [0.5, 0.6) is 0 Å². The minimum Gasteiger partial charge on any atom is -0.273 e. The number of rotatable bonds is 4. The summed E-state index contributed by atoms with van der Waals surface area (Å²) in [5.74, 6) is 0.00688. The molecule has 2 heterocycles. The quantitative estimate of drug-likeness (QED) is 0.695. The largest absolute Gasteiger partial charge is 0.273 e. The Balaban J connectivity index is 1.69. The van der Waals surface area contributed by atoms with Gasteiger partial charge in [0, 0.05) is 12.8 Å². The first-order valence-corrected chi connectivity index (χ1v) is 9.52. The highest BCUT2D eigenvalue weighted by molar-refractivity contribution is 6.02. The fraction of sp³-hybridized carbons (Fsp3) is 0.273. The van der Waals surface area contributed by atoms with E-state index >= 15 is 0 Å². The third-order valence-corrected chi connectivity index (χ3v) is 5.10. The summed E-state index contributed by atoms with van der Waals surface area (Å²) in [7, 11) is 0. The summed E-state index contributed by atoms with van der Waals surface area (Å²) in [6, 6.07) is 18.1. The third-order valence-electron chi connectivity index (χ3n) is 5.10. The molecule has 0 saturated heterocycles. The zero-order chi connectivity index (χ0) is 19.7. The summed E-state index contributed by atoms with van der Waals surface area (Å²) in [5.41, 5.74) is 5.69. The Kier molecular flexibility index (Phi) is 4.77. The zero-order valence-corrected chi connectivity index (χ0v) is 16.3. The van der Waals surface area contributed by atoms with E-state index in [1.807, 2.05) is 61.0 Å². The highest BCUT2D eigenvalue weighted by Crippen LogP contribution is 2.33. The number of amides is 1. The summed E-state index contributed by atoms with van der Waals surface area (Å²) in [6.07, 6.45) is 1.04. The van der Waals surface area contributed by atoms with E-state index < -0.39 is 0 Å². The monoisotopic (exact) mass is 373 g/mol. The van der Waals surface area contributed by atoms with Crippen LogP contribution in [0.2, 0.25) is 0 Å². The van der Waals surface area contributed by atoms with E-state index in [0.29, 0.717) is 12.8 Å². The van der Waals surface area contributed by atoms with Gasteiger partial charge in [-0.2, -0.15) is 5.10 Å². The molecule has 28 heavy (non-hydrogen) atoms. The lowest BCUT2D eigenvalue weighted by atomic mass is 10.00. The minimum absolute atomic E-state index is 0.00688. The van der Waals surface area contributed by atoms with E-state index in [0.717, 1.165) is 28.4 Å². The van der Waals surface area contributed by atoms with Crippen LogP contribution in [-0.4, -0.2) is 31.6 Å². The average molecular weight is 373 g/mol. The number of aryl methyl sites for hydroxylation is 1. The molecular weight excluding hydrogens is 350 g/mol. The predicted molar refractivity (Wildman–Crippen MR) is 108 cm³/mol. The second kappa shape index (κ2) is 7.38. The van der Waals surface area contributed by atoms with Gasteiger partial charge in [-0.05, 0) is 31.5 Å². The van der Waals surface area contributed by atoms with Gasteiger partial charge >= 0.3 is 0 Å². The minimum atomic E-state index is -0.104. The molecule has 1 aromatic heterocycles. The maximum absolute atomic E-state index is 12.5. The van der Waals surface area contributed by atoms with Crippen molar-refractivity contribution in [2.24, 2.45) is 5.10 Å². The van der Waals surface area contributed by atoms with Crippen molar-refractivity contribution in [2.45, 2.75) is 39.7 Å². The number of benzene rings is 2. The number of hydrazone groups is 1. The Labute approximate surface area is 164 Å². The molecule has 1 atom stereocenters. The average Bonchev–Trinajstić information content (AvgIpc) is 3.32. The molecule has 1 aliphatic rings. The van der Waals surface area contributed by atoms with Crippen LogP contribution in [0.1, 0.15) is 48.3 Å². The van der Waals surface area contributed by atoms with Gasteiger partial charge in [-0.1, -0.05) is 60.2 Å². The van der Waals surface area contributed by atoms with Crippen LogP contribution in [-0.2, 0) is 4.79 Å². The van der Waals surface area contributed by atoms with Crippen molar-refractivity contribution < 1.29 is 4.79 Å². The first kappa shape index (κ1) is 18.1. The maximum Gasteiger partial charge on any atom is 0.242 e. The number of hydrogen-bond donors (Lipinski definition) is 0. The topological polar surface area (TPSA) is 63.4 Å². The van der Waals surface area contributed by atoms with Gasteiger partial charge in [0.25, 0.3) is 0 Å². The Bertz CT molecular complexity index is 1020. The normalized spacial score (nSPS) is 16.3. The van der Waals surface area contributed by atoms with Crippen LogP contribution in [0.15, 0.2) is 59.7 Å². The molecular formula is C22H23N5O. The standard InChI is InChI=1S/C22H23N5O/c1-4-21(28)27-20(17-8-6-5-7-9-17)14-19(24-27)22-16(3)26(25-23-22)18-12-10-15(2)11-13-18/h5-13,20H,4,14H2,1-3H3. The molecule has 1 amide bonds. The van der Waals surface area contributed by atoms with Crippen LogP contribution >= 0.6 is 0 Å². The molecule has 0 N–H and O–H groups in total. The van der Waals surface area contributed by atoms with Crippen LogP contribution in [0.3, 0.4) is 0 Å². The van der Waals surface area contributed by atoms with Gasteiger partial charge in [0.05, 0.1) is 23.1 Å². The van der Waals surface area contributed by atoms with E-state index in [1.165, 1.54) is 5.56 Å². The fourth-order valence-electron chi connectivity index (χ4n) is 3.51. The Morgan fingerprint density at radius 3 is 2.46 bits per heavy atom. The van der Waals surface area contributed by atoms with E-state index in [2.05, 4.69) is 34.5 Å². The van der Waals surface area contributed by atoms with Crippen LogP contribution in [0.25, 0.3) is 5.69 Å². The van der Waals surface area contributed by atoms with Gasteiger partial charge in [0.2, 0.25) is 5.91 Å². The van der Waals surface area contributed by atoms with Crippen molar-refractivity contribution in [2.75, 3.05) is 0 Å². The van der Waals surface area contributed by atoms with Crippen molar-refractivity contribution in [3.05, 3.63) is 77.1 Å². The van der Waals surface area contributed by atoms with Gasteiger partial charge in [0.15, 0.2) is 0 Å². The molecule has 0 bridgehead atoms. The Morgan fingerprint density at radius 2 is 1.79 bits per heavy atom. The summed E-state index contributed by atoms with van der Waals surface area (Å²) in [4.78, 5) is 12.5. The predicted octanol–water partition coefficient (Wildman–Crippen LogP) is 3.97. The smallest absolute Gasteiger partial charge is 0.242 e. The van der Waals surface area contributed by atoms with E-state index in [-0.39, 0.29) is 11.9 Å². The maximum atomic E-state index is 12.5. The molecule has 0 fully saturated rings. The molecule has 0 saturated carbocycles. The number of carbonyl (C=O) groups excluding carboxylic acids is 1. The second-order valence-corrected chi connectivity index (χ2v) is 7.04. The molecule has 0 radical (unpaired) electrons. The first-order chi connectivity index (χ1) is 13.6.